The van der Waals surface area contributed by atoms with Crippen LogP contribution in [-0.2, 0) is 11.3 Å². The van der Waals surface area contributed by atoms with Gasteiger partial charge in [0.05, 0.1) is 16.1 Å². The molecule has 26 heavy (non-hydrogen) atoms. The zero-order chi connectivity index (χ0) is 17.0. The number of cyclic esters (lactones) is 1. The number of aromatic carboxylic acids is 1. The molecule has 0 fully saturated rings. The van der Waals surface area contributed by atoms with Gasteiger partial charge in [-0.2, -0.15) is 0 Å². The number of carbonyl (C=O) groups excluding carboxylic acids is 2. The van der Waals surface area contributed by atoms with Crippen molar-refractivity contribution in [3.05, 3.63) is 68.7 Å². The summed E-state index contributed by atoms with van der Waals surface area (Å²) in [6.45, 7) is 0.313. The Morgan fingerprint density at radius 2 is 1.73 bits per heavy atom. The molecule has 0 amide bonds. The molecule has 1 heterocycles. The van der Waals surface area contributed by atoms with Crippen LogP contribution in [0.15, 0.2) is 36.4 Å². The van der Waals surface area contributed by atoms with Gasteiger partial charge in [-0.25, -0.2) is 9.59 Å². The van der Waals surface area contributed by atoms with E-state index in [1.807, 2.05) is 0 Å². The monoisotopic (exact) mass is 403 g/mol. The molecule has 1 aliphatic heterocycles. The second kappa shape index (κ2) is 12.1. The minimum atomic E-state index is -1.15. The maximum atomic E-state index is 10.9. The predicted octanol–water partition coefficient (Wildman–Crippen LogP) is 1.23. The maximum Gasteiger partial charge on any atom is 1.00 e. The van der Waals surface area contributed by atoms with Crippen molar-refractivity contribution in [2.75, 3.05) is 0 Å². The van der Waals surface area contributed by atoms with Crippen LogP contribution in [0.1, 0.15) is 45.5 Å². The fourth-order valence-electron chi connectivity index (χ4n) is 1.96. The van der Waals surface area contributed by atoms with Crippen molar-refractivity contribution < 1.29 is 55.2 Å². The molecule has 3 rings (SSSR count). The van der Waals surface area contributed by atoms with Gasteiger partial charge in [-0.1, -0.05) is 42.8 Å². The summed E-state index contributed by atoms with van der Waals surface area (Å²) in [7, 11) is 0. The SMILES string of the molecule is C.O=C1OCc2c(Cl)cccc21.O=Cc1c(Cl)cccc1C(=O)O.[B].[H-].[Na+]. The number of carboxylic acid groups (broad SMARTS) is 1. The molecule has 2 aromatic rings. The molecule has 131 valence electrons. The van der Waals surface area contributed by atoms with E-state index < -0.39 is 5.97 Å². The normalized spacial score (nSPS) is 10.5. The van der Waals surface area contributed by atoms with Gasteiger partial charge in [0, 0.05) is 24.6 Å². The third-order valence-electron chi connectivity index (χ3n) is 3.09. The first-order chi connectivity index (χ1) is 11.0. The fourth-order valence-corrected chi connectivity index (χ4v) is 2.40. The first-order valence-corrected chi connectivity index (χ1v) is 7.12. The van der Waals surface area contributed by atoms with Gasteiger partial charge in [0.1, 0.15) is 6.61 Å². The molecular formula is C17H15BCl2NaO5. The number of halogens is 2. The van der Waals surface area contributed by atoms with Crippen LogP contribution >= 0.6 is 23.2 Å². The van der Waals surface area contributed by atoms with Crippen molar-refractivity contribution in [2.45, 2.75) is 14.0 Å². The summed E-state index contributed by atoms with van der Waals surface area (Å²) in [5.41, 5.74) is 1.35. The van der Waals surface area contributed by atoms with Crippen molar-refractivity contribution >= 4 is 49.8 Å². The van der Waals surface area contributed by atoms with E-state index in [0.29, 0.717) is 23.5 Å². The van der Waals surface area contributed by atoms with Crippen LogP contribution in [0.25, 0.3) is 0 Å². The molecule has 2 aromatic carbocycles. The van der Waals surface area contributed by atoms with Crippen LogP contribution in [-0.4, -0.2) is 31.7 Å². The van der Waals surface area contributed by atoms with Gasteiger partial charge in [0.15, 0.2) is 6.29 Å². The topological polar surface area (TPSA) is 80.7 Å². The van der Waals surface area contributed by atoms with Crippen LogP contribution in [0.2, 0.25) is 10.0 Å². The fraction of sp³-hybridized carbons (Fsp3) is 0.118. The second-order valence-electron chi connectivity index (χ2n) is 4.47. The summed E-state index contributed by atoms with van der Waals surface area (Å²) in [6.07, 6.45) is 0.436. The van der Waals surface area contributed by atoms with Crippen LogP contribution < -0.4 is 29.6 Å². The molecule has 0 saturated heterocycles. The average molecular weight is 404 g/mol. The van der Waals surface area contributed by atoms with Crippen LogP contribution in [0.3, 0.4) is 0 Å². The Morgan fingerprint density at radius 3 is 2.23 bits per heavy atom. The third-order valence-corrected chi connectivity index (χ3v) is 3.77. The Hall–Kier alpha value is -1.31. The number of rotatable bonds is 2. The van der Waals surface area contributed by atoms with Crippen molar-refractivity contribution in [3.8, 4) is 0 Å². The van der Waals surface area contributed by atoms with Gasteiger partial charge in [0.25, 0.3) is 0 Å². The number of hydrogen-bond acceptors (Lipinski definition) is 4. The van der Waals surface area contributed by atoms with Crippen molar-refractivity contribution in [1.29, 1.82) is 0 Å². The number of carboxylic acids is 1. The number of esters is 1. The van der Waals surface area contributed by atoms with Crippen molar-refractivity contribution in [1.82, 2.24) is 0 Å². The van der Waals surface area contributed by atoms with E-state index in [9.17, 15) is 14.4 Å². The Bertz CT molecular complexity index is 805. The molecule has 0 spiro atoms. The van der Waals surface area contributed by atoms with E-state index in [1.54, 1.807) is 18.2 Å². The van der Waals surface area contributed by atoms with Gasteiger partial charge >= 0.3 is 41.5 Å². The molecule has 1 aliphatic rings. The zero-order valence-corrected chi connectivity index (χ0v) is 16.7. The largest absolute Gasteiger partial charge is 1.00 e. The maximum absolute atomic E-state index is 10.9. The Morgan fingerprint density at radius 1 is 1.15 bits per heavy atom. The molecule has 0 saturated carbocycles. The van der Waals surface area contributed by atoms with E-state index in [1.165, 1.54) is 18.2 Å². The summed E-state index contributed by atoms with van der Waals surface area (Å²) in [5.74, 6) is -1.43. The molecule has 0 unspecified atom stereocenters. The van der Waals surface area contributed by atoms with E-state index in [4.69, 9.17) is 33.0 Å². The number of aldehydes is 1. The van der Waals surface area contributed by atoms with E-state index in [0.717, 1.165) is 5.56 Å². The summed E-state index contributed by atoms with van der Waals surface area (Å²) < 4.78 is 4.78. The molecule has 0 atom stereocenters. The average Bonchev–Trinajstić information content (AvgIpc) is 2.90. The van der Waals surface area contributed by atoms with E-state index in [-0.39, 0.29) is 68.9 Å². The molecular weight excluding hydrogens is 389 g/mol. The quantitative estimate of drug-likeness (QED) is 0.463. The minimum absolute atomic E-state index is 0. The molecule has 1 N–H and O–H groups in total. The molecule has 0 aromatic heterocycles. The number of benzene rings is 2. The van der Waals surface area contributed by atoms with Gasteiger partial charge in [0.2, 0.25) is 0 Å². The second-order valence-corrected chi connectivity index (χ2v) is 5.28. The van der Waals surface area contributed by atoms with Crippen LogP contribution in [0, 0.1) is 0 Å². The standard InChI is InChI=1S/C8H5ClO3.C8H5ClO2.CH4.B.Na.H/c9-7-3-1-2-5(8(11)12)6(7)4-10;9-7-3-1-2-5-6(7)4-11-8(5)10;;;;/h1-4H,(H,11,12);1-3H,4H2;1H4;;;/q;;;;+1;-1. The summed E-state index contributed by atoms with van der Waals surface area (Å²) in [4.78, 5) is 31.9. The van der Waals surface area contributed by atoms with Gasteiger partial charge in [-0.3, -0.25) is 4.79 Å². The first-order valence-electron chi connectivity index (χ1n) is 6.37. The van der Waals surface area contributed by atoms with Gasteiger partial charge in [-0.05, 0) is 24.3 Å². The zero-order valence-electron chi connectivity index (χ0n) is 14.2. The Balaban J connectivity index is -0.000000372. The predicted molar refractivity (Wildman–Crippen MR) is 98.0 cm³/mol. The van der Waals surface area contributed by atoms with E-state index in [2.05, 4.69) is 0 Å². The number of carbonyl (C=O) groups is 3. The van der Waals surface area contributed by atoms with Crippen LogP contribution in [0.4, 0.5) is 0 Å². The first kappa shape index (κ1) is 26.9. The molecule has 0 aliphatic carbocycles. The van der Waals surface area contributed by atoms with Crippen molar-refractivity contribution in [2.24, 2.45) is 0 Å². The summed E-state index contributed by atoms with van der Waals surface area (Å²) in [6, 6.07) is 9.50. The van der Waals surface area contributed by atoms with Gasteiger partial charge in [-0.15, -0.1) is 0 Å². The summed E-state index contributed by atoms with van der Waals surface area (Å²) in [5, 5.41) is 9.37. The summed E-state index contributed by atoms with van der Waals surface area (Å²) >= 11 is 11.4. The molecule has 0 bridgehead atoms. The third kappa shape index (κ3) is 6.14. The van der Waals surface area contributed by atoms with Gasteiger partial charge < -0.3 is 11.3 Å². The minimum Gasteiger partial charge on any atom is -1.00 e. The number of ether oxygens (including phenoxy) is 1. The van der Waals surface area contributed by atoms with Crippen molar-refractivity contribution in [3.63, 3.8) is 0 Å². The van der Waals surface area contributed by atoms with E-state index >= 15 is 0 Å². The van der Waals surface area contributed by atoms with Crippen LogP contribution in [0.5, 0.6) is 0 Å². The molecule has 9 heteroatoms. The Labute approximate surface area is 187 Å². The molecule has 5 nitrogen and oxygen atoms in total. The smallest absolute Gasteiger partial charge is 1.00 e. The number of fused-ring (bicyclic) bond motifs is 1. The number of hydrogen-bond donors (Lipinski definition) is 1. The Kier molecular flexibility index (Phi) is 12.6. The molecule has 3 radical (unpaired) electrons.